The third-order valence-electron chi connectivity index (χ3n) is 4.17. The van der Waals surface area contributed by atoms with Gasteiger partial charge in [-0.05, 0) is 33.7 Å². The fourth-order valence-electron chi connectivity index (χ4n) is 2.66. The minimum absolute atomic E-state index is 0. The molecule has 0 saturated heterocycles. The predicted molar refractivity (Wildman–Crippen MR) is 86.9 cm³/mol. The molecule has 7 heteroatoms. The van der Waals surface area contributed by atoms with Crippen molar-refractivity contribution in [3.63, 3.8) is 0 Å². The Hall–Kier alpha value is -1.14. The molecule has 1 aliphatic carbocycles. The van der Waals surface area contributed by atoms with E-state index < -0.39 is 0 Å². The number of aromatic nitrogens is 2. The molecule has 0 spiro atoms. The van der Waals surface area contributed by atoms with Gasteiger partial charge in [-0.25, -0.2) is 0 Å². The third-order valence-corrected chi connectivity index (χ3v) is 4.17. The van der Waals surface area contributed by atoms with Crippen LogP contribution in [0.1, 0.15) is 63.7 Å². The van der Waals surface area contributed by atoms with Gasteiger partial charge in [-0.3, -0.25) is 4.79 Å². The largest absolute Gasteiger partial charge is 0.344 e. The summed E-state index contributed by atoms with van der Waals surface area (Å²) in [7, 11) is 1.90. The summed E-state index contributed by atoms with van der Waals surface area (Å²) in [6.07, 6.45) is 6.25. The Morgan fingerprint density at radius 2 is 2.00 bits per heavy atom. The fraction of sp³-hybridized carbons (Fsp3) is 0.800. The summed E-state index contributed by atoms with van der Waals surface area (Å²) in [6.45, 7) is 3.95. The van der Waals surface area contributed by atoms with E-state index in [0.717, 1.165) is 25.7 Å². The van der Waals surface area contributed by atoms with Gasteiger partial charge in [0.05, 0.1) is 0 Å². The zero-order chi connectivity index (χ0) is 15.2. The first-order valence-electron chi connectivity index (χ1n) is 7.90. The average Bonchev–Trinajstić information content (AvgIpc) is 2.96. The summed E-state index contributed by atoms with van der Waals surface area (Å²) in [6, 6.07) is 0.0631. The maximum Gasteiger partial charge on any atom is 0.248 e. The Balaban J connectivity index is 0.00000242. The smallest absolute Gasteiger partial charge is 0.248 e. The van der Waals surface area contributed by atoms with Crippen molar-refractivity contribution in [1.29, 1.82) is 0 Å². The normalized spacial score (nSPS) is 18.3. The maximum absolute atomic E-state index is 12.2. The van der Waals surface area contributed by atoms with E-state index in [1.165, 1.54) is 6.42 Å². The summed E-state index contributed by atoms with van der Waals surface area (Å²) >= 11 is 0. The molecule has 0 aliphatic heterocycles. The number of halogens is 1. The first-order valence-corrected chi connectivity index (χ1v) is 7.90. The van der Waals surface area contributed by atoms with E-state index in [1.54, 1.807) is 0 Å². The van der Waals surface area contributed by atoms with Crippen LogP contribution in [-0.2, 0) is 11.2 Å². The summed E-state index contributed by atoms with van der Waals surface area (Å²) in [4.78, 5) is 16.6. The van der Waals surface area contributed by atoms with Crippen LogP contribution in [0.15, 0.2) is 4.52 Å². The van der Waals surface area contributed by atoms with Gasteiger partial charge in [0.15, 0.2) is 5.82 Å². The minimum Gasteiger partial charge on any atom is -0.344 e. The van der Waals surface area contributed by atoms with Crippen molar-refractivity contribution in [1.82, 2.24) is 20.8 Å². The maximum atomic E-state index is 12.2. The molecule has 1 fully saturated rings. The standard InChI is InChI=1S/C15H26N4O2.ClH/c1-10(16-3)9-13-18-15(21-19-13)11(2)17-14(20)12-7-5-4-6-8-12;/h10-12,16H,4-9H2,1-3H3,(H,17,20);1H/t10?,11-;/m0./s1. The molecule has 0 bridgehead atoms. The molecule has 0 aromatic carbocycles. The van der Waals surface area contributed by atoms with Crippen LogP contribution in [0.5, 0.6) is 0 Å². The molecular weight excluding hydrogens is 304 g/mol. The average molecular weight is 331 g/mol. The van der Waals surface area contributed by atoms with Gasteiger partial charge in [-0.1, -0.05) is 24.4 Å². The second kappa shape index (κ2) is 9.10. The molecule has 1 unspecified atom stereocenters. The van der Waals surface area contributed by atoms with E-state index in [1.807, 2.05) is 14.0 Å². The van der Waals surface area contributed by atoms with Gasteiger partial charge in [0, 0.05) is 18.4 Å². The number of nitrogens with zero attached hydrogens (tertiary/aromatic N) is 2. The van der Waals surface area contributed by atoms with Crippen molar-refractivity contribution in [3.05, 3.63) is 11.7 Å². The van der Waals surface area contributed by atoms with E-state index in [2.05, 4.69) is 27.7 Å². The Bertz CT molecular complexity index is 460. The van der Waals surface area contributed by atoms with Crippen molar-refractivity contribution in [3.8, 4) is 0 Å². The van der Waals surface area contributed by atoms with Gasteiger partial charge in [0.2, 0.25) is 11.8 Å². The van der Waals surface area contributed by atoms with Gasteiger partial charge >= 0.3 is 0 Å². The highest BCUT2D eigenvalue weighted by Crippen LogP contribution is 2.24. The van der Waals surface area contributed by atoms with Crippen LogP contribution in [-0.4, -0.2) is 29.1 Å². The molecule has 0 radical (unpaired) electrons. The Labute approximate surface area is 138 Å². The number of carbonyl (C=O) groups is 1. The molecule has 22 heavy (non-hydrogen) atoms. The summed E-state index contributed by atoms with van der Waals surface area (Å²) in [5, 5.41) is 10.1. The second-order valence-electron chi connectivity index (χ2n) is 6.01. The van der Waals surface area contributed by atoms with E-state index in [9.17, 15) is 4.79 Å². The van der Waals surface area contributed by atoms with E-state index in [4.69, 9.17) is 4.52 Å². The molecule has 1 aromatic heterocycles. The molecule has 6 nitrogen and oxygen atoms in total. The Kier molecular flexibility index (Phi) is 7.82. The number of likely N-dealkylation sites (N-methyl/N-ethyl adjacent to an activating group) is 1. The molecule has 1 heterocycles. The molecule has 2 rings (SSSR count). The fourth-order valence-corrected chi connectivity index (χ4v) is 2.66. The summed E-state index contributed by atoms with van der Waals surface area (Å²) < 4.78 is 5.26. The highest BCUT2D eigenvalue weighted by Gasteiger charge is 2.24. The number of rotatable bonds is 6. The van der Waals surface area contributed by atoms with Crippen LogP contribution in [0.3, 0.4) is 0 Å². The van der Waals surface area contributed by atoms with Crippen LogP contribution in [0.2, 0.25) is 0 Å². The Morgan fingerprint density at radius 1 is 1.32 bits per heavy atom. The first kappa shape index (κ1) is 18.9. The lowest BCUT2D eigenvalue weighted by Gasteiger charge is -2.22. The summed E-state index contributed by atoms with van der Waals surface area (Å²) in [5.74, 6) is 1.42. The zero-order valence-electron chi connectivity index (χ0n) is 13.6. The number of amides is 1. The predicted octanol–water partition coefficient (Wildman–Crippen LogP) is 2.40. The highest BCUT2D eigenvalue weighted by molar-refractivity contribution is 5.85. The molecule has 1 saturated carbocycles. The second-order valence-corrected chi connectivity index (χ2v) is 6.01. The lowest BCUT2D eigenvalue weighted by molar-refractivity contribution is -0.126. The van der Waals surface area contributed by atoms with E-state index >= 15 is 0 Å². The summed E-state index contributed by atoms with van der Waals surface area (Å²) in [5.41, 5.74) is 0. The Morgan fingerprint density at radius 3 is 2.64 bits per heavy atom. The minimum atomic E-state index is -0.231. The zero-order valence-corrected chi connectivity index (χ0v) is 14.4. The molecule has 1 aromatic rings. The van der Waals surface area contributed by atoms with Crippen molar-refractivity contribution < 1.29 is 9.32 Å². The number of hydrogen-bond donors (Lipinski definition) is 2. The van der Waals surface area contributed by atoms with Crippen molar-refractivity contribution in [2.45, 2.75) is 64.5 Å². The van der Waals surface area contributed by atoms with Crippen LogP contribution in [0.4, 0.5) is 0 Å². The van der Waals surface area contributed by atoms with E-state index in [0.29, 0.717) is 24.2 Å². The lowest BCUT2D eigenvalue weighted by atomic mass is 9.88. The molecule has 126 valence electrons. The van der Waals surface area contributed by atoms with Gasteiger partial charge < -0.3 is 15.2 Å². The highest BCUT2D eigenvalue weighted by atomic mass is 35.5. The van der Waals surface area contributed by atoms with Crippen LogP contribution < -0.4 is 10.6 Å². The third kappa shape index (κ3) is 5.25. The quantitative estimate of drug-likeness (QED) is 0.837. The van der Waals surface area contributed by atoms with Gasteiger partial charge in [0.1, 0.15) is 6.04 Å². The van der Waals surface area contributed by atoms with Crippen LogP contribution >= 0.6 is 12.4 Å². The molecule has 2 atom stereocenters. The molecule has 1 amide bonds. The number of hydrogen-bond acceptors (Lipinski definition) is 5. The number of carbonyl (C=O) groups excluding carboxylic acids is 1. The van der Waals surface area contributed by atoms with Gasteiger partial charge in [-0.15, -0.1) is 12.4 Å². The SMILES string of the molecule is CNC(C)Cc1noc([C@H](C)NC(=O)C2CCCCC2)n1.Cl. The van der Waals surface area contributed by atoms with Crippen LogP contribution in [0.25, 0.3) is 0 Å². The van der Waals surface area contributed by atoms with E-state index in [-0.39, 0.29) is 30.3 Å². The molecular formula is C15H27ClN4O2. The van der Waals surface area contributed by atoms with Crippen molar-refractivity contribution in [2.75, 3.05) is 7.05 Å². The topological polar surface area (TPSA) is 80.0 Å². The van der Waals surface area contributed by atoms with Crippen molar-refractivity contribution in [2.24, 2.45) is 5.92 Å². The first-order chi connectivity index (χ1) is 10.1. The van der Waals surface area contributed by atoms with Crippen molar-refractivity contribution >= 4 is 18.3 Å². The van der Waals surface area contributed by atoms with Gasteiger partial charge in [0.25, 0.3) is 0 Å². The van der Waals surface area contributed by atoms with Gasteiger partial charge in [-0.2, -0.15) is 4.98 Å². The van der Waals surface area contributed by atoms with Crippen LogP contribution in [0, 0.1) is 5.92 Å². The monoisotopic (exact) mass is 330 g/mol. The molecule has 1 aliphatic rings. The number of nitrogens with one attached hydrogen (secondary N) is 2. The molecule has 2 N–H and O–H groups in total. The lowest BCUT2D eigenvalue weighted by Crippen LogP contribution is -2.34.